The lowest BCUT2D eigenvalue weighted by atomic mass is 10.0. The van der Waals surface area contributed by atoms with E-state index in [9.17, 15) is 4.79 Å². The molecule has 0 N–H and O–H groups in total. The fourth-order valence-electron chi connectivity index (χ4n) is 2.03. The number of hydrogen-bond donors (Lipinski definition) is 0. The first-order valence-corrected chi connectivity index (χ1v) is 6.68. The summed E-state index contributed by atoms with van der Waals surface area (Å²) in [6.07, 6.45) is 6.60. The fourth-order valence-corrected chi connectivity index (χ4v) is 2.03. The molecule has 0 spiro atoms. The van der Waals surface area contributed by atoms with Crippen LogP contribution < -0.4 is 4.74 Å². The van der Waals surface area contributed by atoms with Gasteiger partial charge in [-0.3, -0.25) is 4.79 Å². The van der Waals surface area contributed by atoms with Gasteiger partial charge in [-0.2, -0.15) is 0 Å². The zero-order valence-corrected chi connectivity index (χ0v) is 11.5. The molecular formula is C15H20N2O2. The van der Waals surface area contributed by atoms with Crippen molar-refractivity contribution in [3.8, 4) is 5.88 Å². The summed E-state index contributed by atoms with van der Waals surface area (Å²) in [5, 5.41) is 0. The van der Waals surface area contributed by atoms with E-state index in [0.29, 0.717) is 19.0 Å². The number of likely N-dealkylation sites (tertiary alicyclic amines) is 1. The van der Waals surface area contributed by atoms with Gasteiger partial charge in [-0.15, -0.1) is 0 Å². The van der Waals surface area contributed by atoms with Crippen molar-refractivity contribution in [1.29, 1.82) is 0 Å². The predicted octanol–water partition coefficient (Wildman–Crippen LogP) is 2.27. The van der Waals surface area contributed by atoms with Crippen molar-refractivity contribution in [3.05, 3.63) is 36.5 Å². The number of ether oxygens (including phenoxy) is 1. The topological polar surface area (TPSA) is 42.4 Å². The first kappa shape index (κ1) is 13.6. The smallest absolute Gasteiger partial charge is 0.225 e. The van der Waals surface area contributed by atoms with Crippen molar-refractivity contribution < 1.29 is 9.53 Å². The Morgan fingerprint density at radius 2 is 2.37 bits per heavy atom. The Bertz CT molecular complexity index is 439. The third-order valence-electron chi connectivity index (χ3n) is 3.23. The van der Waals surface area contributed by atoms with Gasteiger partial charge in [0.05, 0.1) is 13.1 Å². The van der Waals surface area contributed by atoms with E-state index in [1.54, 1.807) is 6.20 Å². The van der Waals surface area contributed by atoms with Gasteiger partial charge in [-0.1, -0.05) is 25.1 Å². The van der Waals surface area contributed by atoms with Crippen LogP contribution in [0.2, 0.25) is 0 Å². The summed E-state index contributed by atoms with van der Waals surface area (Å²) in [6.45, 7) is 5.26. The Morgan fingerprint density at radius 3 is 3.00 bits per heavy atom. The maximum Gasteiger partial charge on any atom is 0.225 e. The van der Waals surface area contributed by atoms with Gasteiger partial charge in [0.2, 0.25) is 11.8 Å². The second kappa shape index (κ2) is 6.36. The second-order valence-corrected chi connectivity index (χ2v) is 4.86. The van der Waals surface area contributed by atoms with Crippen molar-refractivity contribution in [2.45, 2.75) is 26.4 Å². The van der Waals surface area contributed by atoms with Gasteiger partial charge in [0.15, 0.2) is 0 Å². The van der Waals surface area contributed by atoms with Crippen molar-refractivity contribution in [1.82, 2.24) is 9.88 Å². The fraction of sp³-hybridized carbons (Fsp3) is 0.467. The van der Waals surface area contributed by atoms with E-state index >= 15 is 0 Å². The molecule has 1 unspecified atom stereocenters. The summed E-state index contributed by atoms with van der Waals surface area (Å²) >= 11 is 0. The molecule has 0 bridgehead atoms. The van der Waals surface area contributed by atoms with Crippen molar-refractivity contribution >= 4 is 5.91 Å². The van der Waals surface area contributed by atoms with Gasteiger partial charge in [0.1, 0.15) is 6.10 Å². The molecule has 1 amide bonds. The first-order valence-electron chi connectivity index (χ1n) is 6.68. The van der Waals surface area contributed by atoms with Crippen molar-refractivity contribution in [2.75, 3.05) is 13.1 Å². The van der Waals surface area contributed by atoms with Gasteiger partial charge >= 0.3 is 0 Å². The van der Waals surface area contributed by atoms with Crippen molar-refractivity contribution in [3.63, 3.8) is 0 Å². The Labute approximate surface area is 114 Å². The van der Waals surface area contributed by atoms with Crippen LogP contribution in [0.3, 0.4) is 0 Å². The number of nitrogens with zero attached hydrogens (tertiary/aromatic N) is 2. The van der Waals surface area contributed by atoms with Crippen LogP contribution in [0.1, 0.15) is 20.3 Å². The van der Waals surface area contributed by atoms with Gasteiger partial charge in [-0.05, 0) is 19.4 Å². The molecule has 0 aliphatic carbocycles. The highest BCUT2D eigenvalue weighted by atomic mass is 16.5. The average molecular weight is 260 g/mol. The van der Waals surface area contributed by atoms with Crippen LogP contribution in [0, 0.1) is 5.92 Å². The Hall–Kier alpha value is -1.84. The summed E-state index contributed by atoms with van der Waals surface area (Å²) in [6, 6.07) is 5.58. The molecule has 0 aromatic carbocycles. The quantitative estimate of drug-likeness (QED) is 0.763. The Kier molecular flexibility index (Phi) is 4.55. The molecule has 1 aliphatic rings. The predicted molar refractivity (Wildman–Crippen MR) is 73.8 cm³/mol. The minimum absolute atomic E-state index is 0.0481. The largest absolute Gasteiger partial charge is 0.471 e. The van der Waals surface area contributed by atoms with Gasteiger partial charge in [-0.25, -0.2) is 4.98 Å². The van der Waals surface area contributed by atoms with Crippen LogP contribution >= 0.6 is 0 Å². The minimum atomic E-state index is 0.0481. The molecule has 4 heteroatoms. The molecule has 0 radical (unpaired) electrons. The third kappa shape index (κ3) is 3.56. The van der Waals surface area contributed by atoms with Gasteiger partial charge in [0.25, 0.3) is 0 Å². The molecule has 1 atom stereocenters. The molecule has 1 fully saturated rings. The number of carbonyl (C=O) groups excluding carboxylic acids is 1. The molecule has 19 heavy (non-hydrogen) atoms. The molecule has 1 aromatic heterocycles. The minimum Gasteiger partial charge on any atom is -0.471 e. The van der Waals surface area contributed by atoms with E-state index in [1.807, 2.05) is 49.1 Å². The Balaban J connectivity index is 1.75. The lowest BCUT2D eigenvalue weighted by Crippen LogP contribution is -2.57. The standard InChI is InChI=1S/C15H20N2O2/c1-3-4-7-12(2)15(18)17-10-13(11-17)19-14-8-5-6-9-16-14/h3-6,8-9,12-13H,7,10-11H2,1-2H3/b4-3+. The number of carbonyl (C=O) groups is 1. The number of aromatic nitrogens is 1. The highest BCUT2D eigenvalue weighted by molar-refractivity contribution is 5.79. The maximum absolute atomic E-state index is 12.1. The van der Waals surface area contributed by atoms with E-state index in [0.717, 1.165) is 6.42 Å². The number of allylic oxidation sites excluding steroid dienone is 2. The number of hydrogen-bond acceptors (Lipinski definition) is 3. The van der Waals surface area contributed by atoms with E-state index in [4.69, 9.17) is 4.74 Å². The Morgan fingerprint density at radius 1 is 1.58 bits per heavy atom. The molecule has 1 aliphatic heterocycles. The molecular weight excluding hydrogens is 240 g/mol. The lowest BCUT2D eigenvalue weighted by Gasteiger charge is -2.39. The van der Waals surface area contributed by atoms with E-state index < -0.39 is 0 Å². The number of pyridine rings is 1. The highest BCUT2D eigenvalue weighted by Gasteiger charge is 2.34. The normalized spacial score (nSPS) is 17.3. The van der Waals surface area contributed by atoms with Gasteiger partial charge in [0, 0.05) is 18.2 Å². The van der Waals surface area contributed by atoms with Crippen LogP contribution in [0.5, 0.6) is 5.88 Å². The zero-order valence-electron chi connectivity index (χ0n) is 11.5. The summed E-state index contributed by atoms with van der Waals surface area (Å²) < 4.78 is 5.67. The van der Waals surface area contributed by atoms with Crippen LogP contribution in [0.15, 0.2) is 36.5 Å². The molecule has 4 nitrogen and oxygen atoms in total. The molecule has 1 aromatic rings. The number of amides is 1. The third-order valence-corrected chi connectivity index (χ3v) is 3.23. The average Bonchev–Trinajstić information content (AvgIpc) is 2.40. The summed E-state index contributed by atoms with van der Waals surface area (Å²) in [5.41, 5.74) is 0. The maximum atomic E-state index is 12.1. The summed E-state index contributed by atoms with van der Waals surface area (Å²) in [5.74, 6) is 0.882. The van der Waals surface area contributed by atoms with E-state index in [2.05, 4.69) is 4.98 Å². The van der Waals surface area contributed by atoms with Crippen LogP contribution in [0.25, 0.3) is 0 Å². The van der Waals surface area contributed by atoms with Gasteiger partial charge < -0.3 is 9.64 Å². The van der Waals surface area contributed by atoms with Crippen LogP contribution in [-0.4, -0.2) is 35.0 Å². The van der Waals surface area contributed by atoms with Crippen LogP contribution in [-0.2, 0) is 4.79 Å². The monoisotopic (exact) mass is 260 g/mol. The second-order valence-electron chi connectivity index (χ2n) is 4.86. The first-order chi connectivity index (χ1) is 9.20. The van der Waals surface area contributed by atoms with E-state index in [1.165, 1.54) is 0 Å². The summed E-state index contributed by atoms with van der Waals surface area (Å²) in [4.78, 5) is 18.0. The highest BCUT2D eigenvalue weighted by Crippen LogP contribution is 2.19. The molecule has 0 saturated carbocycles. The molecule has 102 valence electrons. The molecule has 2 heterocycles. The molecule has 2 rings (SSSR count). The van der Waals surface area contributed by atoms with Crippen LogP contribution in [0.4, 0.5) is 0 Å². The number of rotatable bonds is 5. The SMILES string of the molecule is C/C=C/CC(C)C(=O)N1CC(Oc2ccccn2)C1. The van der Waals surface area contributed by atoms with E-state index in [-0.39, 0.29) is 17.9 Å². The van der Waals surface area contributed by atoms with Crippen molar-refractivity contribution in [2.24, 2.45) is 5.92 Å². The summed E-state index contributed by atoms with van der Waals surface area (Å²) in [7, 11) is 0. The zero-order chi connectivity index (χ0) is 13.7. The lowest BCUT2D eigenvalue weighted by molar-refractivity contribution is -0.143. The molecule has 1 saturated heterocycles.